The Kier molecular flexibility index (Phi) is 5.71. The fourth-order valence-electron chi connectivity index (χ4n) is 2.65. The predicted molar refractivity (Wildman–Crippen MR) is 86.0 cm³/mol. The Morgan fingerprint density at radius 3 is 2.52 bits per heavy atom. The van der Waals surface area contributed by atoms with Crippen LogP contribution < -0.4 is 10.1 Å². The van der Waals surface area contributed by atoms with Gasteiger partial charge in [-0.1, -0.05) is 0 Å². The van der Waals surface area contributed by atoms with Crippen molar-refractivity contribution in [3.05, 3.63) is 18.2 Å². The normalized spacial score (nSPS) is 20.4. The standard InChI is InChI=1S/C15H17F3N2O4S/c1-24-12-5-8(25-2)3-4-11(12)19-14(23)20-6-9(13(21)22)10(7-20)15(16,17)18/h3-5,9-10H,6-7H2,1-2H3,(H,19,23)(H,21,22)/t9-,10-/m1/s1. The Morgan fingerprint density at radius 1 is 1.36 bits per heavy atom. The Labute approximate surface area is 146 Å². The highest BCUT2D eigenvalue weighted by atomic mass is 32.2. The summed E-state index contributed by atoms with van der Waals surface area (Å²) in [5.41, 5.74) is 0.299. The average molecular weight is 378 g/mol. The van der Waals surface area contributed by atoms with Crippen molar-refractivity contribution in [1.29, 1.82) is 0 Å². The Morgan fingerprint density at radius 2 is 2.04 bits per heavy atom. The molecule has 1 aromatic rings. The number of ether oxygens (including phenoxy) is 1. The molecule has 0 radical (unpaired) electrons. The van der Waals surface area contributed by atoms with E-state index in [1.54, 1.807) is 18.2 Å². The van der Waals surface area contributed by atoms with Crippen LogP contribution in [0.4, 0.5) is 23.7 Å². The topological polar surface area (TPSA) is 78.9 Å². The summed E-state index contributed by atoms with van der Waals surface area (Å²) in [5.74, 6) is -4.97. The zero-order valence-electron chi connectivity index (χ0n) is 13.5. The van der Waals surface area contributed by atoms with Crippen molar-refractivity contribution < 1.29 is 32.6 Å². The van der Waals surface area contributed by atoms with Gasteiger partial charge in [0.25, 0.3) is 0 Å². The van der Waals surface area contributed by atoms with Crippen LogP contribution in [0, 0.1) is 11.8 Å². The summed E-state index contributed by atoms with van der Waals surface area (Å²) < 4.78 is 44.1. The Hall–Kier alpha value is -2.10. The van der Waals surface area contributed by atoms with Crippen molar-refractivity contribution in [2.75, 3.05) is 31.8 Å². The lowest BCUT2D eigenvalue weighted by atomic mass is 9.96. The molecule has 10 heteroatoms. The van der Waals surface area contributed by atoms with Gasteiger partial charge in [-0.25, -0.2) is 4.79 Å². The third kappa shape index (κ3) is 4.30. The van der Waals surface area contributed by atoms with E-state index in [-0.39, 0.29) is 0 Å². The summed E-state index contributed by atoms with van der Waals surface area (Å²) in [6, 6.07) is 4.19. The molecule has 1 aliphatic rings. The van der Waals surface area contributed by atoms with Gasteiger partial charge < -0.3 is 20.1 Å². The molecule has 1 saturated heterocycles. The number of hydrogen-bond acceptors (Lipinski definition) is 4. The van der Waals surface area contributed by atoms with Crippen LogP contribution in [0.15, 0.2) is 23.1 Å². The number of carbonyl (C=O) groups excluding carboxylic acids is 1. The van der Waals surface area contributed by atoms with Gasteiger partial charge in [0.2, 0.25) is 0 Å². The molecule has 25 heavy (non-hydrogen) atoms. The van der Waals surface area contributed by atoms with Crippen LogP contribution in [0.25, 0.3) is 0 Å². The second kappa shape index (κ2) is 7.42. The van der Waals surface area contributed by atoms with Gasteiger partial charge >= 0.3 is 18.2 Å². The van der Waals surface area contributed by atoms with Crippen LogP contribution in [-0.2, 0) is 4.79 Å². The highest BCUT2D eigenvalue weighted by molar-refractivity contribution is 7.98. The molecule has 0 bridgehead atoms. The molecular formula is C15H17F3N2O4S. The number of likely N-dealkylation sites (tertiary alicyclic amines) is 1. The molecule has 0 spiro atoms. The number of halogens is 3. The van der Waals surface area contributed by atoms with Crippen molar-refractivity contribution in [3.8, 4) is 5.75 Å². The van der Waals surface area contributed by atoms with Gasteiger partial charge in [0.15, 0.2) is 0 Å². The van der Waals surface area contributed by atoms with Gasteiger partial charge in [0, 0.05) is 18.0 Å². The molecule has 0 aromatic heterocycles. The fraction of sp³-hybridized carbons (Fsp3) is 0.467. The van der Waals surface area contributed by atoms with Crippen molar-refractivity contribution in [3.63, 3.8) is 0 Å². The van der Waals surface area contributed by atoms with Crippen molar-refractivity contribution in [1.82, 2.24) is 4.90 Å². The Bertz CT molecular complexity index is 669. The summed E-state index contributed by atoms with van der Waals surface area (Å²) in [5, 5.41) is 11.5. The smallest absolute Gasteiger partial charge is 0.394 e. The lowest BCUT2D eigenvalue weighted by Crippen LogP contribution is -2.35. The number of anilines is 1. The zero-order valence-corrected chi connectivity index (χ0v) is 14.3. The van der Waals surface area contributed by atoms with Crippen LogP contribution in [0.3, 0.4) is 0 Å². The monoisotopic (exact) mass is 378 g/mol. The molecule has 2 N–H and O–H groups in total. The van der Waals surface area contributed by atoms with E-state index >= 15 is 0 Å². The fourth-order valence-corrected chi connectivity index (χ4v) is 3.08. The van der Waals surface area contributed by atoms with Crippen molar-refractivity contribution >= 4 is 29.4 Å². The number of benzene rings is 1. The summed E-state index contributed by atoms with van der Waals surface area (Å²) in [6.07, 6.45) is -2.82. The van der Waals surface area contributed by atoms with Gasteiger partial charge in [-0.05, 0) is 24.5 Å². The summed E-state index contributed by atoms with van der Waals surface area (Å²) >= 11 is 1.46. The molecule has 138 valence electrons. The molecule has 0 saturated carbocycles. The van der Waals surface area contributed by atoms with E-state index in [1.165, 1.54) is 18.9 Å². The zero-order chi connectivity index (χ0) is 18.8. The molecule has 1 aromatic carbocycles. The quantitative estimate of drug-likeness (QED) is 0.787. The van der Waals surface area contributed by atoms with Crippen LogP contribution in [0.2, 0.25) is 0 Å². The van der Waals surface area contributed by atoms with E-state index in [0.29, 0.717) is 11.4 Å². The first-order valence-corrected chi connectivity index (χ1v) is 8.47. The molecule has 2 amide bonds. The number of carboxylic acid groups (broad SMARTS) is 1. The summed E-state index contributed by atoms with van der Waals surface area (Å²) in [7, 11) is 1.41. The van der Waals surface area contributed by atoms with E-state index < -0.39 is 43.1 Å². The average Bonchev–Trinajstić information content (AvgIpc) is 3.01. The number of urea groups is 1. The molecular weight excluding hydrogens is 361 g/mol. The van der Waals surface area contributed by atoms with Crippen molar-refractivity contribution in [2.24, 2.45) is 11.8 Å². The number of methoxy groups -OCH3 is 1. The SMILES string of the molecule is COc1cc(SC)ccc1NC(=O)N1C[C@@H](C(F)(F)F)[C@H](C(=O)O)C1. The maximum atomic E-state index is 13.0. The molecule has 2 rings (SSSR count). The third-order valence-electron chi connectivity index (χ3n) is 4.00. The van der Waals surface area contributed by atoms with Gasteiger partial charge in [-0.15, -0.1) is 11.8 Å². The number of carbonyl (C=O) groups is 2. The van der Waals surface area contributed by atoms with Gasteiger partial charge in [0.1, 0.15) is 5.75 Å². The third-order valence-corrected chi connectivity index (χ3v) is 4.72. The number of carboxylic acids is 1. The number of nitrogens with zero attached hydrogens (tertiary/aromatic N) is 1. The number of amides is 2. The van der Waals surface area contributed by atoms with E-state index in [1.807, 2.05) is 6.26 Å². The van der Waals surface area contributed by atoms with Crippen LogP contribution in [0.5, 0.6) is 5.75 Å². The molecule has 1 fully saturated rings. The predicted octanol–water partition coefficient (Wildman–Crippen LogP) is 3.14. The largest absolute Gasteiger partial charge is 0.495 e. The van der Waals surface area contributed by atoms with Gasteiger partial charge in [0.05, 0.1) is 24.6 Å². The minimum absolute atomic E-state index is 0.299. The van der Waals surface area contributed by atoms with Crippen LogP contribution >= 0.6 is 11.8 Å². The minimum atomic E-state index is -4.68. The maximum absolute atomic E-state index is 13.0. The number of aliphatic carboxylic acids is 1. The molecule has 1 aliphatic heterocycles. The summed E-state index contributed by atoms with van der Waals surface area (Å²) in [4.78, 5) is 25.1. The first-order valence-electron chi connectivity index (χ1n) is 7.24. The first kappa shape index (κ1) is 19.2. The summed E-state index contributed by atoms with van der Waals surface area (Å²) in [6.45, 7) is -1.20. The number of hydrogen-bond donors (Lipinski definition) is 2. The molecule has 0 aliphatic carbocycles. The van der Waals surface area contributed by atoms with E-state index in [2.05, 4.69) is 5.32 Å². The van der Waals surface area contributed by atoms with Gasteiger partial charge in [-0.2, -0.15) is 13.2 Å². The van der Waals surface area contributed by atoms with Crippen LogP contribution in [-0.4, -0.2) is 54.6 Å². The minimum Gasteiger partial charge on any atom is -0.495 e. The second-order valence-corrected chi connectivity index (χ2v) is 6.37. The van der Waals surface area contributed by atoms with E-state index in [9.17, 15) is 22.8 Å². The first-order chi connectivity index (χ1) is 11.7. The lowest BCUT2D eigenvalue weighted by Gasteiger charge is -2.19. The molecule has 0 unspecified atom stereocenters. The molecule has 2 atom stereocenters. The molecule has 1 heterocycles. The van der Waals surface area contributed by atoms with E-state index in [4.69, 9.17) is 9.84 Å². The number of thioether (sulfide) groups is 1. The highest BCUT2D eigenvalue weighted by Gasteiger charge is 2.53. The second-order valence-electron chi connectivity index (χ2n) is 5.49. The highest BCUT2D eigenvalue weighted by Crippen LogP contribution is 2.38. The number of nitrogens with one attached hydrogen (secondary N) is 1. The van der Waals surface area contributed by atoms with Crippen LogP contribution in [0.1, 0.15) is 0 Å². The van der Waals surface area contributed by atoms with Crippen molar-refractivity contribution in [2.45, 2.75) is 11.1 Å². The maximum Gasteiger partial charge on any atom is 0.394 e. The van der Waals surface area contributed by atoms with Gasteiger partial charge in [-0.3, -0.25) is 4.79 Å². The number of rotatable bonds is 4. The lowest BCUT2D eigenvalue weighted by molar-refractivity contribution is -0.187. The Balaban J connectivity index is 2.15. The van der Waals surface area contributed by atoms with E-state index in [0.717, 1.165) is 9.80 Å². The molecule has 6 nitrogen and oxygen atoms in total. The number of alkyl halides is 3.